The van der Waals surface area contributed by atoms with Crippen LogP contribution in [-0.2, 0) is 4.79 Å². The van der Waals surface area contributed by atoms with E-state index in [4.69, 9.17) is 4.74 Å². The number of nitrogens with zero attached hydrogens (tertiary/aromatic N) is 1. The fourth-order valence-corrected chi connectivity index (χ4v) is 3.01. The Bertz CT molecular complexity index is 782. The van der Waals surface area contributed by atoms with Crippen LogP contribution in [0, 0.1) is 0 Å². The summed E-state index contributed by atoms with van der Waals surface area (Å²) in [7, 11) is 0. The quantitative estimate of drug-likeness (QED) is 0.527. The molecule has 0 bridgehead atoms. The third-order valence-electron chi connectivity index (χ3n) is 4.47. The van der Waals surface area contributed by atoms with Crippen molar-refractivity contribution >= 4 is 23.2 Å². The van der Waals surface area contributed by atoms with E-state index >= 15 is 0 Å². The molecule has 0 aliphatic heterocycles. The SMILES string of the molecule is CCCOc1ccc(NCC(=O)Nc2ccc(C(=O)N(CCC)CCC)cc2)cc1. The molecule has 2 aromatic rings. The number of hydrogen-bond donors (Lipinski definition) is 2. The predicted octanol–water partition coefficient (Wildman–Crippen LogP) is 4.79. The summed E-state index contributed by atoms with van der Waals surface area (Å²) in [5.41, 5.74) is 2.15. The van der Waals surface area contributed by atoms with Gasteiger partial charge in [-0.2, -0.15) is 0 Å². The Kier molecular flexibility index (Phi) is 9.71. The predicted molar refractivity (Wildman–Crippen MR) is 122 cm³/mol. The summed E-state index contributed by atoms with van der Waals surface area (Å²) in [6.45, 7) is 8.54. The molecule has 0 atom stereocenters. The Morgan fingerprint density at radius 1 is 0.833 bits per heavy atom. The van der Waals surface area contributed by atoms with Crippen LogP contribution in [0.5, 0.6) is 5.75 Å². The lowest BCUT2D eigenvalue weighted by atomic mass is 10.1. The van der Waals surface area contributed by atoms with Gasteiger partial charge in [-0.25, -0.2) is 0 Å². The Labute approximate surface area is 179 Å². The second-order valence-electron chi connectivity index (χ2n) is 7.14. The van der Waals surface area contributed by atoms with Crippen molar-refractivity contribution in [2.45, 2.75) is 40.0 Å². The number of ether oxygens (including phenoxy) is 1. The number of benzene rings is 2. The van der Waals surface area contributed by atoms with Crippen LogP contribution in [0.3, 0.4) is 0 Å². The van der Waals surface area contributed by atoms with Crippen LogP contribution >= 0.6 is 0 Å². The normalized spacial score (nSPS) is 10.4. The molecule has 2 amide bonds. The molecule has 0 saturated heterocycles. The zero-order valence-electron chi connectivity index (χ0n) is 18.2. The molecule has 162 valence electrons. The second kappa shape index (κ2) is 12.5. The summed E-state index contributed by atoms with van der Waals surface area (Å²) in [5, 5.41) is 5.94. The summed E-state index contributed by atoms with van der Waals surface area (Å²) < 4.78 is 5.55. The van der Waals surface area contributed by atoms with Crippen LogP contribution in [0.15, 0.2) is 48.5 Å². The molecule has 6 heteroatoms. The molecule has 0 heterocycles. The highest BCUT2D eigenvalue weighted by Crippen LogP contribution is 2.16. The van der Waals surface area contributed by atoms with Gasteiger partial charge in [0.05, 0.1) is 13.2 Å². The van der Waals surface area contributed by atoms with Crippen molar-refractivity contribution < 1.29 is 14.3 Å². The van der Waals surface area contributed by atoms with E-state index in [2.05, 4.69) is 31.4 Å². The van der Waals surface area contributed by atoms with E-state index in [-0.39, 0.29) is 18.4 Å². The first-order valence-electron chi connectivity index (χ1n) is 10.7. The van der Waals surface area contributed by atoms with Crippen molar-refractivity contribution in [2.24, 2.45) is 0 Å². The zero-order valence-corrected chi connectivity index (χ0v) is 18.2. The zero-order chi connectivity index (χ0) is 21.8. The molecule has 0 unspecified atom stereocenters. The van der Waals surface area contributed by atoms with E-state index in [1.165, 1.54) is 0 Å². The largest absolute Gasteiger partial charge is 0.494 e. The first kappa shape index (κ1) is 23.3. The maximum absolute atomic E-state index is 12.6. The molecule has 0 aliphatic carbocycles. The van der Waals surface area contributed by atoms with Gasteiger partial charge < -0.3 is 20.3 Å². The average Bonchev–Trinajstić information content (AvgIpc) is 2.77. The van der Waals surface area contributed by atoms with Gasteiger partial charge in [0.25, 0.3) is 5.91 Å². The van der Waals surface area contributed by atoms with Gasteiger partial charge in [0.1, 0.15) is 5.75 Å². The number of hydrogen-bond acceptors (Lipinski definition) is 4. The molecule has 30 heavy (non-hydrogen) atoms. The molecule has 0 spiro atoms. The summed E-state index contributed by atoms with van der Waals surface area (Å²) >= 11 is 0. The van der Waals surface area contributed by atoms with Crippen LogP contribution in [0.25, 0.3) is 0 Å². The Morgan fingerprint density at radius 3 is 2.00 bits per heavy atom. The van der Waals surface area contributed by atoms with Gasteiger partial charge in [-0.15, -0.1) is 0 Å². The van der Waals surface area contributed by atoms with Crippen LogP contribution in [0.4, 0.5) is 11.4 Å². The van der Waals surface area contributed by atoms with Gasteiger partial charge >= 0.3 is 0 Å². The molecule has 0 aliphatic rings. The van der Waals surface area contributed by atoms with Gasteiger partial charge in [-0.1, -0.05) is 20.8 Å². The topological polar surface area (TPSA) is 70.7 Å². The van der Waals surface area contributed by atoms with Gasteiger partial charge in [0, 0.05) is 30.0 Å². The van der Waals surface area contributed by atoms with E-state index in [1.807, 2.05) is 29.2 Å². The van der Waals surface area contributed by atoms with Crippen molar-refractivity contribution in [3.63, 3.8) is 0 Å². The van der Waals surface area contributed by atoms with Gasteiger partial charge in [-0.3, -0.25) is 9.59 Å². The van der Waals surface area contributed by atoms with Gasteiger partial charge in [-0.05, 0) is 67.8 Å². The number of carbonyl (C=O) groups excluding carboxylic acids is 2. The van der Waals surface area contributed by atoms with E-state index in [0.29, 0.717) is 17.9 Å². The molecule has 0 radical (unpaired) electrons. The minimum atomic E-state index is -0.154. The smallest absolute Gasteiger partial charge is 0.253 e. The monoisotopic (exact) mass is 411 g/mol. The minimum absolute atomic E-state index is 0.0320. The number of rotatable bonds is 12. The van der Waals surface area contributed by atoms with Crippen LogP contribution in [-0.4, -0.2) is 43.0 Å². The summed E-state index contributed by atoms with van der Waals surface area (Å²) in [6, 6.07) is 14.6. The minimum Gasteiger partial charge on any atom is -0.494 e. The van der Waals surface area contributed by atoms with Crippen molar-refractivity contribution in [1.82, 2.24) is 4.90 Å². The molecule has 6 nitrogen and oxygen atoms in total. The van der Waals surface area contributed by atoms with E-state index in [1.54, 1.807) is 24.3 Å². The van der Waals surface area contributed by atoms with E-state index < -0.39 is 0 Å². The third kappa shape index (κ3) is 7.43. The van der Waals surface area contributed by atoms with E-state index in [9.17, 15) is 9.59 Å². The fourth-order valence-electron chi connectivity index (χ4n) is 3.01. The van der Waals surface area contributed by atoms with Crippen molar-refractivity contribution in [2.75, 3.05) is 36.9 Å². The third-order valence-corrected chi connectivity index (χ3v) is 4.47. The second-order valence-corrected chi connectivity index (χ2v) is 7.14. The van der Waals surface area contributed by atoms with Gasteiger partial charge in [0.15, 0.2) is 0 Å². The molecule has 2 N–H and O–H groups in total. The molecule has 2 aromatic carbocycles. The average molecular weight is 412 g/mol. The molecule has 2 rings (SSSR count). The summed E-state index contributed by atoms with van der Waals surface area (Å²) in [5.74, 6) is 0.696. The molecular formula is C24H33N3O3. The van der Waals surface area contributed by atoms with Crippen molar-refractivity contribution in [1.29, 1.82) is 0 Å². The number of carbonyl (C=O) groups is 2. The maximum Gasteiger partial charge on any atom is 0.253 e. The van der Waals surface area contributed by atoms with Crippen LogP contribution < -0.4 is 15.4 Å². The Morgan fingerprint density at radius 2 is 1.43 bits per heavy atom. The molecular weight excluding hydrogens is 378 g/mol. The van der Waals surface area contributed by atoms with Crippen molar-refractivity contribution in [3.05, 3.63) is 54.1 Å². The van der Waals surface area contributed by atoms with E-state index in [0.717, 1.165) is 43.8 Å². The Hall–Kier alpha value is -3.02. The molecule has 0 fully saturated rings. The number of anilines is 2. The first-order chi connectivity index (χ1) is 14.6. The molecule has 0 aromatic heterocycles. The van der Waals surface area contributed by atoms with Gasteiger partial charge in [0.2, 0.25) is 5.91 Å². The first-order valence-corrected chi connectivity index (χ1v) is 10.7. The standard InChI is InChI=1S/C24H33N3O3/c1-4-15-27(16-5-2)24(29)19-7-9-21(10-8-19)26-23(28)18-25-20-11-13-22(14-12-20)30-17-6-3/h7-14,25H,4-6,15-18H2,1-3H3,(H,26,28). The summed E-state index contributed by atoms with van der Waals surface area (Å²) in [4.78, 5) is 26.7. The fraction of sp³-hybridized carbons (Fsp3) is 0.417. The lowest BCUT2D eigenvalue weighted by Crippen LogP contribution is -2.32. The Balaban J connectivity index is 1.84. The van der Waals surface area contributed by atoms with Crippen LogP contribution in [0.2, 0.25) is 0 Å². The summed E-state index contributed by atoms with van der Waals surface area (Å²) in [6.07, 6.45) is 2.83. The highest BCUT2D eigenvalue weighted by molar-refractivity contribution is 5.96. The maximum atomic E-state index is 12.6. The lowest BCUT2D eigenvalue weighted by Gasteiger charge is -2.21. The van der Waals surface area contributed by atoms with Crippen molar-refractivity contribution in [3.8, 4) is 5.75 Å². The number of nitrogens with one attached hydrogen (secondary N) is 2. The number of amides is 2. The lowest BCUT2D eigenvalue weighted by molar-refractivity contribution is -0.114. The highest BCUT2D eigenvalue weighted by Gasteiger charge is 2.14. The highest BCUT2D eigenvalue weighted by atomic mass is 16.5. The molecule has 0 saturated carbocycles. The van der Waals surface area contributed by atoms with Crippen LogP contribution in [0.1, 0.15) is 50.4 Å².